The lowest BCUT2D eigenvalue weighted by Crippen LogP contribution is -2.58. The van der Waals surface area contributed by atoms with Crippen molar-refractivity contribution in [1.82, 2.24) is 14.9 Å². The number of hydrogen-bond donors (Lipinski definition) is 2. The lowest BCUT2D eigenvalue weighted by atomic mass is 9.84. The molecule has 34 heavy (non-hydrogen) atoms. The van der Waals surface area contributed by atoms with E-state index in [9.17, 15) is 22.8 Å². The summed E-state index contributed by atoms with van der Waals surface area (Å²) in [6.07, 6.45) is 3.46. The van der Waals surface area contributed by atoms with Crippen LogP contribution in [-0.2, 0) is 15.8 Å². The molecule has 11 heteroatoms. The van der Waals surface area contributed by atoms with Gasteiger partial charge in [0.1, 0.15) is 6.04 Å². The van der Waals surface area contributed by atoms with Crippen molar-refractivity contribution in [3.05, 3.63) is 41.4 Å². The summed E-state index contributed by atoms with van der Waals surface area (Å²) < 4.78 is 38.4. The van der Waals surface area contributed by atoms with Crippen LogP contribution in [0.1, 0.15) is 44.1 Å². The van der Waals surface area contributed by atoms with E-state index in [1.54, 1.807) is 21.5 Å². The van der Waals surface area contributed by atoms with Crippen LogP contribution < -0.4 is 10.7 Å². The number of piperazine rings is 1. The molecule has 1 unspecified atom stereocenters. The van der Waals surface area contributed by atoms with Gasteiger partial charge in [-0.1, -0.05) is 32.1 Å². The van der Waals surface area contributed by atoms with Crippen LogP contribution in [-0.4, -0.2) is 52.4 Å². The van der Waals surface area contributed by atoms with Crippen LogP contribution in [0.2, 0.25) is 0 Å². The zero-order chi connectivity index (χ0) is 24.1. The Morgan fingerprint density at radius 2 is 1.88 bits per heavy atom. The summed E-state index contributed by atoms with van der Waals surface area (Å²) in [6, 6.07) is 4.11. The number of nitrogens with zero attached hydrogens (tertiary/aromatic N) is 3. The first-order chi connectivity index (χ1) is 16.3. The highest BCUT2D eigenvalue weighted by Gasteiger charge is 2.36. The maximum Gasteiger partial charge on any atom is 0.416 e. The standard InChI is InChI=1S/C23H28F3N5O2S/c24-23(25,26)17-6-8-18(9-7-17)29-30-11-12-31(20(32)15-30)19(14-16-4-2-1-3-5-16)21(33)28-22-27-10-13-34-22/h6-10,13,16,19,29H,1-5,11-12,14-15H2,(H,27,28,33). The van der Waals surface area contributed by atoms with E-state index in [1.807, 2.05) is 0 Å². The Labute approximate surface area is 200 Å². The molecule has 1 saturated carbocycles. The topological polar surface area (TPSA) is 77.6 Å². The number of amides is 2. The number of halogens is 3. The van der Waals surface area contributed by atoms with Crippen molar-refractivity contribution >= 4 is 34.0 Å². The molecule has 2 aromatic rings. The normalized spacial score (nSPS) is 19.1. The van der Waals surface area contributed by atoms with Gasteiger partial charge in [-0.05, 0) is 36.6 Å². The first-order valence-electron chi connectivity index (χ1n) is 11.5. The van der Waals surface area contributed by atoms with Gasteiger partial charge in [0.25, 0.3) is 0 Å². The van der Waals surface area contributed by atoms with Gasteiger partial charge >= 0.3 is 6.18 Å². The quantitative estimate of drug-likeness (QED) is 0.587. The third-order valence-electron chi connectivity index (χ3n) is 6.38. The zero-order valence-corrected chi connectivity index (χ0v) is 19.5. The molecular weight excluding hydrogens is 467 g/mol. The summed E-state index contributed by atoms with van der Waals surface area (Å²) >= 11 is 1.33. The van der Waals surface area contributed by atoms with Crippen LogP contribution in [0.15, 0.2) is 35.8 Å². The average Bonchev–Trinajstić information content (AvgIpc) is 3.31. The number of aromatic nitrogens is 1. The second-order valence-corrected chi connectivity index (χ2v) is 9.67. The summed E-state index contributed by atoms with van der Waals surface area (Å²) in [5.74, 6) is -0.0179. The summed E-state index contributed by atoms with van der Waals surface area (Å²) in [5, 5.41) is 6.80. The molecule has 0 spiro atoms. The number of alkyl halides is 3. The lowest BCUT2D eigenvalue weighted by Gasteiger charge is -2.40. The predicted octanol–water partition coefficient (Wildman–Crippen LogP) is 4.61. The fourth-order valence-electron chi connectivity index (χ4n) is 4.62. The fourth-order valence-corrected chi connectivity index (χ4v) is 5.15. The van der Waals surface area contributed by atoms with Gasteiger partial charge < -0.3 is 15.6 Å². The van der Waals surface area contributed by atoms with Crippen LogP contribution in [0.5, 0.6) is 0 Å². The van der Waals surface area contributed by atoms with Gasteiger partial charge in [-0.3, -0.25) is 9.59 Å². The van der Waals surface area contributed by atoms with Gasteiger partial charge in [0, 0.05) is 30.4 Å². The first kappa shape index (κ1) is 24.5. The summed E-state index contributed by atoms with van der Waals surface area (Å²) in [5.41, 5.74) is 2.75. The maximum atomic E-state index is 13.2. The van der Waals surface area contributed by atoms with Crippen molar-refractivity contribution in [1.29, 1.82) is 0 Å². The minimum Gasteiger partial charge on any atom is -0.328 e. The monoisotopic (exact) mass is 495 g/mol. The van der Waals surface area contributed by atoms with E-state index in [0.29, 0.717) is 36.2 Å². The Balaban J connectivity index is 1.40. The van der Waals surface area contributed by atoms with Crippen LogP contribution in [0.4, 0.5) is 24.0 Å². The van der Waals surface area contributed by atoms with Gasteiger partial charge in [-0.25, -0.2) is 9.99 Å². The second kappa shape index (κ2) is 10.7. The molecule has 184 valence electrons. The van der Waals surface area contributed by atoms with Crippen LogP contribution in [0.3, 0.4) is 0 Å². The average molecular weight is 496 g/mol. The molecular formula is C23H28F3N5O2S. The van der Waals surface area contributed by atoms with Crippen molar-refractivity contribution < 1.29 is 22.8 Å². The molecule has 7 nitrogen and oxygen atoms in total. The molecule has 1 atom stereocenters. The van der Waals surface area contributed by atoms with Crippen LogP contribution in [0.25, 0.3) is 0 Å². The van der Waals surface area contributed by atoms with E-state index >= 15 is 0 Å². The molecule has 2 aliphatic rings. The highest BCUT2D eigenvalue weighted by Crippen LogP contribution is 2.31. The SMILES string of the molecule is O=C(Nc1nccs1)C(CC1CCCCC1)N1CCN(Nc2ccc(C(F)(F)F)cc2)CC1=O. The number of nitrogens with one attached hydrogen (secondary N) is 2. The van der Waals surface area contributed by atoms with E-state index < -0.39 is 17.8 Å². The minimum atomic E-state index is -4.40. The lowest BCUT2D eigenvalue weighted by molar-refractivity contribution is -0.143. The first-order valence-corrected chi connectivity index (χ1v) is 12.4. The van der Waals surface area contributed by atoms with Gasteiger partial charge in [0.05, 0.1) is 12.1 Å². The zero-order valence-electron chi connectivity index (χ0n) is 18.7. The number of hydrazine groups is 1. The molecule has 1 aromatic carbocycles. The van der Waals surface area contributed by atoms with E-state index in [4.69, 9.17) is 0 Å². The van der Waals surface area contributed by atoms with E-state index in [-0.39, 0.29) is 18.4 Å². The number of anilines is 2. The van der Waals surface area contributed by atoms with Crippen LogP contribution >= 0.6 is 11.3 Å². The number of thiazole rings is 1. The molecule has 1 aliphatic heterocycles. The summed E-state index contributed by atoms with van der Waals surface area (Å²) in [6.45, 7) is 0.806. The molecule has 1 saturated heterocycles. The van der Waals surface area contributed by atoms with Crippen molar-refractivity contribution in [2.24, 2.45) is 5.92 Å². The minimum absolute atomic E-state index is 0.0206. The largest absolute Gasteiger partial charge is 0.416 e. The van der Waals surface area contributed by atoms with Gasteiger partial charge in [-0.2, -0.15) is 13.2 Å². The third kappa shape index (κ3) is 6.26. The van der Waals surface area contributed by atoms with Gasteiger partial charge in [0.2, 0.25) is 11.8 Å². The highest BCUT2D eigenvalue weighted by molar-refractivity contribution is 7.13. The van der Waals surface area contributed by atoms with E-state index in [0.717, 1.165) is 37.8 Å². The Morgan fingerprint density at radius 1 is 1.15 bits per heavy atom. The Kier molecular flexibility index (Phi) is 7.72. The van der Waals surface area contributed by atoms with E-state index in [1.165, 1.54) is 29.9 Å². The summed E-state index contributed by atoms with van der Waals surface area (Å²) in [7, 11) is 0. The van der Waals surface area contributed by atoms with Crippen molar-refractivity contribution in [3.63, 3.8) is 0 Å². The molecule has 0 radical (unpaired) electrons. The Morgan fingerprint density at radius 3 is 2.50 bits per heavy atom. The molecule has 2 heterocycles. The third-order valence-corrected chi connectivity index (χ3v) is 7.07. The molecule has 0 bridgehead atoms. The highest BCUT2D eigenvalue weighted by atomic mass is 32.1. The Bertz CT molecular complexity index is 962. The molecule has 1 aliphatic carbocycles. The molecule has 1 aromatic heterocycles. The number of carbonyl (C=O) groups excluding carboxylic acids is 2. The van der Waals surface area contributed by atoms with Crippen molar-refractivity contribution in [3.8, 4) is 0 Å². The number of carbonyl (C=O) groups is 2. The van der Waals surface area contributed by atoms with Crippen molar-refractivity contribution in [2.45, 2.75) is 50.7 Å². The molecule has 2 amide bonds. The molecule has 4 rings (SSSR count). The number of rotatable bonds is 7. The van der Waals surface area contributed by atoms with Gasteiger partial charge in [-0.15, -0.1) is 11.3 Å². The summed E-state index contributed by atoms with van der Waals surface area (Å²) in [4.78, 5) is 32.0. The molecule has 2 N–H and O–H groups in total. The van der Waals surface area contributed by atoms with Gasteiger partial charge in [0.15, 0.2) is 5.13 Å². The maximum absolute atomic E-state index is 13.2. The smallest absolute Gasteiger partial charge is 0.328 e. The van der Waals surface area contributed by atoms with Crippen LogP contribution in [0, 0.1) is 5.92 Å². The Hall–Kier alpha value is -2.66. The molecule has 2 fully saturated rings. The van der Waals surface area contributed by atoms with Crippen molar-refractivity contribution in [2.75, 3.05) is 30.4 Å². The number of benzene rings is 1. The predicted molar refractivity (Wildman–Crippen MR) is 124 cm³/mol. The van der Waals surface area contributed by atoms with E-state index in [2.05, 4.69) is 15.7 Å². The fraction of sp³-hybridized carbons (Fsp3) is 0.522. The second-order valence-electron chi connectivity index (χ2n) is 8.78. The number of hydrogen-bond acceptors (Lipinski definition) is 6.